The highest BCUT2D eigenvalue weighted by Gasteiger charge is 2.28. The van der Waals surface area contributed by atoms with E-state index < -0.39 is 6.09 Å². The lowest BCUT2D eigenvalue weighted by Gasteiger charge is -2.14. The number of benzene rings is 2. The number of nitrogen functional groups attached to an aromatic ring is 1. The molecular weight excluding hydrogens is 362 g/mol. The van der Waals surface area contributed by atoms with Crippen molar-refractivity contribution in [3.63, 3.8) is 0 Å². The zero-order valence-corrected chi connectivity index (χ0v) is 16.3. The van der Waals surface area contributed by atoms with E-state index in [2.05, 4.69) is 34.6 Å². The molecule has 0 fully saturated rings. The fourth-order valence-corrected chi connectivity index (χ4v) is 3.74. The van der Waals surface area contributed by atoms with Gasteiger partial charge in [0.05, 0.1) is 0 Å². The average molecular weight is 385 g/mol. The summed E-state index contributed by atoms with van der Waals surface area (Å²) < 4.78 is 5.52. The largest absolute Gasteiger partial charge is 0.449 e. The zero-order valence-electron chi connectivity index (χ0n) is 16.3. The number of nitrogens with zero attached hydrogens (tertiary/aromatic N) is 1. The minimum Gasteiger partial charge on any atom is -0.449 e. The Morgan fingerprint density at radius 1 is 1.14 bits per heavy atom. The number of carbonyl (C=O) groups is 1. The zero-order chi connectivity index (χ0) is 20.2. The smallest absolute Gasteiger partial charge is 0.407 e. The lowest BCUT2D eigenvalue weighted by Crippen LogP contribution is -2.26. The third-order valence-corrected chi connectivity index (χ3v) is 5.18. The number of fused-ring (bicyclic) bond motifs is 3. The van der Waals surface area contributed by atoms with Crippen LogP contribution < -0.4 is 11.1 Å². The molecule has 1 aliphatic rings. The van der Waals surface area contributed by atoms with Gasteiger partial charge in [0.2, 0.25) is 0 Å². The van der Waals surface area contributed by atoms with Crippen LogP contribution in [0.15, 0.2) is 66.9 Å². The molecule has 1 heterocycles. The van der Waals surface area contributed by atoms with Crippen LogP contribution in [0.2, 0.25) is 0 Å². The predicted molar refractivity (Wildman–Crippen MR) is 115 cm³/mol. The molecule has 0 aliphatic heterocycles. The summed E-state index contributed by atoms with van der Waals surface area (Å²) in [4.78, 5) is 16.2. The van der Waals surface area contributed by atoms with Gasteiger partial charge in [0, 0.05) is 18.7 Å². The topological polar surface area (TPSA) is 77.2 Å². The fourth-order valence-electron chi connectivity index (χ4n) is 3.74. The lowest BCUT2D eigenvalue weighted by molar-refractivity contribution is 0.144. The molecule has 2 aromatic carbocycles. The number of hydrogen-bond acceptors (Lipinski definition) is 4. The summed E-state index contributed by atoms with van der Waals surface area (Å²) in [5.74, 6) is 0.559. The number of pyridine rings is 1. The Kier molecular flexibility index (Phi) is 5.29. The third kappa shape index (κ3) is 3.99. The maximum absolute atomic E-state index is 12.2. The van der Waals surface area contributed by atoms with Gasteiger partial charge in [-0.25, -0.2) is 9.78 Å². The molecule has 0 spiro atoms. The molecule has 1 amide bonds. The summed E-state index contributed by atoms with van der Waals surface area (Å²) in [5.41, 5.74) is 12.5. The third-order valence-electron chi connectivity index (χ3n) is 5.18. The van der Waals surface area contributed by atoms with E-state index in [1.807, 2.05) is 49.4 Å². The number of alkyl carbamates (subject to hydrolysis) is 1. The van der Waals surface area contributed by atoms with E-state index >= 15 is 0 Å². The summed E-state index contributed by atoms with van der Waals surface area (Å²) >= 11 is 0. The van der Waals surface area contributed by atoms with Gasteiger partial charge in [-0.15, -0.1) is 0 Å². The van der Waals surface area contributed by atoms with Crippen molar-refractivity contribution in [3.8, 4) is 11.1 Å². The normalized spacial score (nSPS) is 12.6. The maximum Gasteiger partial charge on any atom is 0.407 e. The number of aryl methyl sites for hydroxylation is 1. The molecule has 3 N–H and O–H groups in total. The molecule has 5 nitrogen and oxygen atoms in total. The number of nitrogens with two attached hydrogens (primary N) is 1. The van der Waals surface area contributed by atoms with Crippen molar-refractivity contribution >= 4 is 18.0 Å². The minimum absolute atomic E-state index is 0.0622. The van der Waals surface area contributed by atoms with Gasteiger partial charge in [-0.05, 0) is 46.4 Å². The highest BCUT2D eigenvalue weighted by Crippen LogP contribution is 2.44. The summed E-state index contributed by atoms with van der Waals surface area (Å²) in [6, 6.07) is 18.4. The van der Waals surface area contributed by atoms with E-state index in [4.69, 9.17) is 10.5 Å². The highest BCUT2D eigenvalue weighted by atomic mass is 16.5. The minimum atomic E-state index is -0.427. The van der Waals surface area contributed by atoms with Crippen molar-refractivity contribution in [3.05, 3.63) is 89.1 Å². The van der Waals surface area contributed by atoms with E-state index in [1.54, 1.807) is 6.20 Å². The number of rotatable bonds is 5. The molecule has 5 heteroatoms. The van der Waals surface area contributed by atoms with Gasteiger partial charge < -0.3 is 15.8 Å². The molecule has 3 aromatic rings. The van der Waals surface area contributed by atoms with Crippen molar-refractivity contribution in [2.24, 2.45) is 0 Å². The van der Waals surface area contributed by atoms with E-state index in [0.29, 0.717) is 19.0 Å². The van der Waals surface area contributed by atoms with Crippen LogP contribution in [0.5, 0.6) is 0 Å². The van der Waals surface area contributed by atoms with Crippen LogP contribution in [-0.4, -0.2) is 24.2 Å². The van der Waals surface area contributed by atoms with Crippen LogP contribution in [0.25, 0.3) is 17.2 Å². The number of amides is 1. The number of carbonyl (C=O) groups excluding carboxylic acids is 1. The first-order valence-corrected chi connectivity index (χ1v) is 9.61. The molecule has 0 unspecified atom stereocenters. The van der Waals surface area contributed by atoms with Crippen LogP contribution in [0.3, 0.4) is 0 Å². The summed E-state index contributed by atoms with van der Waals surface area (Å²) in [6.07, 6.45) is 5.06. The van der Waals surface area contributed by atoms with Crippen LogP contribution in [0, 0.1) is 6.92 Å². The van der Waals surface area contributed by atoms with Gasteiger partial charge in [0.1, 0.15) is 12.4 Å². The number of hydrogen-bond donors (Lipinski definition) is 2. The molecule has 1 aromatic heterocycles. The molecule has 146 valence electrons. The molecule has 0 saturated heterocycles. The predicted octanol–water partition coefficient (Wildman–Crippen LogP) is 4.52. The van der Waals surface area contributed by atoms with Gasteiger partial charge in [-0.1, -0.05) is 60.7 Å². The number of anilines is 1. The molecular formula is C24H23N3O2. The van der Waals surface area contributed by atoms with Crippen LogP contribution >= 0.6 is 0 Å². The van der Waals surface area contributed by atoms with Gasteiger partial charge in [-0.3, -0.25) is 0 Å². The number of aromatic nitrogens is 1. The highest BCUT2D eigenvalue weighted by molar-refractivity contribution is 5.79. The first kappa shape index (κ1) is 18.7. The number of nitrogens with one attached hydrogen (secondary N) is 1. The van der Waals surface area contributed by atoms with E-state index in [-0.39, 0.29) is 5.92 Å². The molecule has 0 saturated carbocycles. The summed E-state index contributed by atoms with van der Waals surface area (Å²) in [6.45, 7) is 2.65. The van der Waals surface area contributed by atoms with Gasteiger partial charge in [-0.2, -0.15) is 0 Å². The SMILES string of the molecule is Cc1cc(N)ncc1C=CCNC(=O)OCC1c2ccccc2-c2ccccc21. The quantitative estimate of drug-likeness (QED) is 0.677. The summed E-state index contributed by atoms with van der Waals surface area (Å²) in [5, 5.41) is 2.76. The Morgan fingerprint density at radius 3 is 2.45 bits per heavy atom. The molecule has 29 heavy (non-hydrogen) atoms. The van der Waals surface area contributed by atoms with Crippen molar-refractivity contribution < 1.29 is 9.53 Å². The number of ether oxygens (including phenoxy) is 1. The second-order valence-electron chi connectivity index (χ2n) is 7.07. The Bertz CT molecular complexity index is 1030. The average Bonchev–Trinajstić information content (AvgIpc) is 3.05. The van der Waals surface area contributed by atoms with Gasteiger partial charge in [0.15, 0.2) is 0 Å². The van der Waals surface area contributed by atoms with Crippen LogP contribution in [0.4, 0.5) is 10.6 Å². The van der Waals surface area contributed by atoms with Gasteiger partial charge >= 0.3 is 6.09 Å². The van der Waals surface area contributed by atoms with Crippen LogP contribution in [-0.2, 0) is 4.74 Å². The molecule has 1 aliphatic carbocycles. The Labute approximate surface area is 170 Å². The van der Waals surface area contributed by atoms with E-state index in [0.717, 1.165) is 11.1 Å². The standard InChI is InChI=1S/C24H23N3O2/c1-16-13-23(25)27-14-17(16)7-6-12-26-24(28)29-15-22-20-10-4-2-8-18(20)19-9-3-5-11-21(19)22/h2-11,13-14,22H,12,15H2,1H3,(H2,25,27)(H,26,28). The van der Waals surface area contributed by atoms with Crippen molar-refractivity contribution in [2.75, 3.05) is 18.9 Å². The second-order valence-corrected chi connectivity index (χ2v) is 7.07. The van der Waals surface area contributed by atoms with Crippen molar-refractivity contribution in [1.82, 2.24) is 10.3 Å². The molecule has 0 radical (unpaired) electrons. The first-order chi connectivity index (χ1) is 14.1. The van der Waals surface area contributed by atoms with Gasteiger partial charge in [0.25, 0.3) is 0 Å². The molecule has 4 rings (SSSR count). The Morgan fingerprint density at radius 2 is 1.79 bits per heavy atom. The summed E-state index contributed by atoms with van der Waals surface area (Å²) in [7, 11) is 0. The van der Waals surface area contributed by atoms with Crippen LogP contribution in [0.1, 0.15) is 28.2 Å². The second kappa shape index (κ2) is 8.19. The van der Waals surface area contributed by atoms with E-state index in [1.165, 1.54) is 22.3 Å². The molecule has 0 atom stereocenters. The lowest BCUT2D eigenvalue weighted by atomic mass is 9.98. The first-order valence-electron chi connectivity index (χ1n) is 9.61. The Hall–Kier alpha value is -3.60. The van der Waals surface area contributed by atoms with E-state index in [9.17, 15) is 4.79 Å². The maximum atomic E-state index is 12.2. The fraction of sp³-hybridized carbons (Fsp3) is 0.167. The Balaban J connectivity index is 1.34. The van der Waals surface area contributed by atoms with Crippen molar-refractivity contribution in [2.45, 2.75) is 12.8 Å². The monoisotopic (exact) mass is 385 g/mol. The molecule has 0 bridgehead atoms. The van der Waals surface area contributed by atoms with Crippen molar-refractivity contribution in [1.29, 1.82) is 0 Å².